The van der Waals surface area contributed by atoms with Gasteiger partial charge in [0.2, 0.25) is 10.0 Å². The van der Waals surface area contributed by atoms with Crippen LogP contribution in [0, 0.1) is 23.5 Å². The molecular formula is C17H24F2N2O2S. The number of hydrogen-bond acceptors (Lipinski definition) is 3. The van der Waals surface area contributed by atoms with Crippen molar-refractivity contribution in [2.45, 2.75) is 25.8 Å². The van der Waals surface area contributed by atoms with E-state index in [1.54, 1.807) is 16.4 Å². The van der Waals surface area contributed by atoms with E-state index in [0.29, 0.717) is 37.0 Å². The quantitative estimate of drug-likeness (QED) is 0.830. The molecule has 0 spiro atoms. The Morgan fingerprint density at radius 1 is 1.08 bits per heavy atom. The van der Waals surface area contributed by atoms with Crippen LogP contribution in [0.3, 0.4) is 0 Å². The van der Waals surface area contributed by atoms with Gasteiger partial charge in [-0.3, -0.25) is 4.90 Å². The van der Waals surface area contributed by atoms with Crippen LogP contribution < -0.4 is 0 Å². The first kappa shape index (κ1) is 17.8. The zero-order valence-electron chi connectivity index (χ0n) is 13.9. The summed E-state index contributed by atoms with van der Waals surface area (Å²) in [6, 6.07) is 4.31. The fourth-order valence-electron chi connectivity index (χ4n) is 3.93. The average Bonchev–Trinajstić information content (AvgIpc) is 3.03. The third-order valence-corrected chi connectivity index (χ3v) is 6.65. The summed E-state index contributed by atoms with van der Waals surface area (Å²) in [7, 11) is -3.09. The number of piperidine rings is 1. The largest absolute Gasteiger partial charge is 0.299 e. The highest BCUT2D eigenvalue weighted by molar-refractivity contribution is 7.88. The summed E-state index contributed by atoms with van der Waals surface area (Å²) < 4.78 is 51.9. The first-order valence-corrected chi connectivity index (χ1v) is 10.3. The van der Waals surface area contributed by atoms with Crippen LogP contribution in [0.25, 0.3) is 0 Å². The Morgan fingerprint density at radius 3 is 2.38 bits per heavy atom. The first-order valence-electron chi connectivity index (χ1n) is 8.45. The lowest BCUT2D eigenvalue weighted by atomic mass is 9.84. The second-order valence-electron chi connectivity index (χ2n) is 7.00. The standard InChI is InChI=1S/C17H24F2N2O2S/c1-24(22,23)21-10-7-14(12-21)13-5-8-20(9-6-13)11-15-3-2-4-16(18)17(15)19/h2-4,13-14H,5-12H2,1H3/t14-/m1/s1. The Bertz CT molecular complexity index is 688. The van der Waals surface area contributed by atoms with E-state index in [2.05, 4.69) is 4.90 Å². The Kier molecular flexibility index (Phi) is 5.22. The van der Waals surface area contributed by atoms with Crippen LogP contribution in [0.2, 0.25) is 0 Å². The van der Waals surface area contributed by atoms with Gasteiger partial charge in [0.15, 0.2) is 11.6 Å². The van der Waals surface area contributed by atoms with E-state index in [1.165, 1.54) is 6.26 Å². The molecule has 24 heavy (non-hydrogen) atoms. The average molecular weight is 358 g/mol. The third kappa shape index (κ3) is 3.95. The predicted octanol–water partition coefficient (Wildman–Crippen LogP) is 2.46. The maximum Gasteiger partial charge on any atom is 0.211 e. The summed E-state index contributed by atoms with van der Waals surface area (Å²) in [5, 5.41) is 0. The highest BCUT2D eigenvalue weighted by atomic mass is 32.2. The fraction of sp³-hybridized carbons (Fsp3) is 0.647. The molecule has 4 nitrogen and oxygen atoms in total. The monoisotopic (exact) mass is 358 g/mol. The molecule has 134 valence electrons. The molecule has 0 bridgehead atoms. The van der Waals surface area contributed by atoms with Crippen molar-refractivity contribution in [1.29, 1.82) is 0 Å². The molecule has 2 fully saturated rings. The smallest absolute Gasteiger partial charge is 0.211 e. The van der Waals surface area contributed by atoms with E-state index >= 15 is 0 Å². The van der Waals surface area contributed by atoms with Crippen molar-refractivity contribution in [3.8, 4) is 0 Å². The molecule has 2 aliphatic rings. The molecule has 0 saturated carbocycles. The molecule has 0 N–H and O–H groups in total. The molecule has 0 amide bonds. The van der Waals surface area contributed by atoms with Gasteiger partial charge in [0, 0.05) is 25.2 Å². The summed E-state index contributed by atoms with van der Waals surface area (Å²) in [6.45, 7) is 3.36. The van der Waals surface area contributed by atoms with Gasteiger partial charge in [0.25, 0.3) is 0 Å². The molecule has 1 atom stereocenters. The molecule has 1 aromatic rings. The van der Waals surface area contributed by atoms with Gasteiger partial charge in [-0.05, 0) is 50.3 Å². The van der Waals surface area contributed by atoms with Gasteiger partial charge in [-0.1, -0.05) is 12.1 Å². The van der Waals surface area contributed by atoms with E-state index in [9.17, 15) is 17.2 Å². The zero-order chi connectivity index (χ0) is 17.3. The van der Waals surface area contributed by atoms with Gasteiger partial charge in [-0.2, -0.15) is 0 Å². The van der Waals surface area contributed by atoms with Gasteiger partial charge in [-0.25, -0.2) is 21.5 Å². The second kappa shape index (κ2) is 7.06. The molecule has 0 aromatic heterocycles. The van der Waals surface area contributed by atoms with Crippen LogP contribution in [-0.2, 0) is 16.6 Å². The number of sulfonamides is 1. The summed E-state index contributed by atoms with van der Waals surface area (Å²) >= 11 is 0. The van der Waals surface area contributed by atoms with Crippen molar-refractivity contribution in [3.63, 3.8) is 0 Å². The van der Waals surface area contributed by atoms with Gasteiger partial charge < -0.3 is 0 Å². The molecule has 0 aliphatic carbocycles. The number of likely N-dealkylation sites (tertiary alicyclic amines) is 1. The summed E-state index contributed by atoms with van der Waals surface area (Å²) in [5.41, 5.74) is 0.401. The van der Waals surface area contributed by atoms with Crippen molar-refractivity contribution >= 4 is 10.0 Å². The van der Waals surface area contributed by atoms with Crippen LogP contribution in [0.15, 0.2) is 18.2 Å². The lowest BCUT2D eigenvalue weighted by Crippen LogP contribution is -2.37. The molecule has 3 rings (SSSR count). The minimum Gasteiger partial charge on any atom is -0.299 e. The molecule has 0 unspecified atom stereocenters. The minimum absolute atomic E-state index is 0.401. The topological polar surface area (TPSA) is 40.6 Å². The van der Waals surface area contributed by atoms with Gasteiger partial charge >= 0.3 is 0 Å². The van der Waals surface area contributed by atoms with Crippen molar-refractivity contribution in [2.24, 2.45) is 11.8 Å². The number of nitrogens with zero attached hydrogens (tertiary/aromatic N) is 2. The van der Waals surface area contributed by atoms with Crippen molar-refractivity contribution in [2.75, 3.05) is 32.4 Å². The zero-order valence-corrected chi connectivity index (χ0v) is 14.7. The maximum atomic E-state index is 13.8. The number of benzene rings is 1. The third-order valence-electron chi connectivity index (χ3n) is 5.38. The molecular weight excluding hydrogens is 334 g/mol. The van der Waals surface area contributed by atoms with Gasteiger partial charge in [0.1, 0.15) is 0 Å². The summed E-state index contributed by atoms with van der Waals surface area (Å²) in [4.78, 5) is 2.15. The predicted molar refractivity (Wildman–Crippen MR) is 88.9 cm³/mol. The summed E-state index contributed by atoms with van der Waals surface area (Å²) in [6.07, 6.45) is 4.17. The number of rotatable bonds is 4. The Labute approximate surface area is 142 Å². The number of hydrogen-bond donors (Lipinski definition) is 0. The van der Waals surface area contributed by atoms with E-state index in [-0.39, 0.29) is 0 Å². The molecule has 2 saturated heterocycles. The first-order chi connectivity index (χ1) is 11.3. The Balaban J connectivity index is 1.52. The lowest BCUT2D eigenvalue weighted by molar-refractivity contribution is 0.143. The van der Waals surface area contributed by atoms with Crippen LogP contribution in [0.5, 0.6) is 0 Å². The van der Waals surface area contributed by atoms with Crippen LogP contribution in [-0.4, -0.2) is 50.1 Å². The van der Waals surface area contributed by atoms with Crippen LogP contribution in [0.1, 0.15) is 24.8 Å². The molecule has 2 heterocycles. The summed E-state index contributed by atoms with van der Waals surface area (Å²) in [5.74, 6) is -0.605. The van der Waals surface area contributed by atoms with E-state index in [4.69, 9.17) is 0 Å². The molecule has 0 radical (unpaired) electrons. The Hall–Kier alpha value is -1.05. The van der Waals surface area contributed by atoms with Crippen LogP contribution in [0.4, 0.5) is 8.78 Å². The maximum absolute atomic E-state index is 13.8. The Morgan fingerprint density at radius 2 is 1.75 bits per heavy atom. The SMILES string of the molecule is CS(=O)(=O)N1CC[C@@H](C2CCN(Cc3cccc(F)c3F)CC2)C1. The molecule has 2 aliphatic heterocycles. The highest BCUT2D eigenvalue weighted by Gasteiger charge is 2.35. The van der Waals surface area contributed by atoms with E-state index in [1.807, 2.05) is 0 Å². The number of halogens is 2. The second-order valence-corrected chi connectivity index (χ2v) is 8.98. The normalized spacial score (nSPS) is 24.5. The van der Waals surface area contributed by atoms with Crippen molar-refractivity contribution in [1.82, 2.24) is 9.21 Å². The van der Waals surface area contributed by atoms with Crippen molar-refractivity contribution < 1.29 is 17.2 Å². The lowest BCUT2D eigenvalue weighted by Gasteiger charge is -2.34. The minimum atomic E-state index is -3.09. The fourth-order valence-corrected chi connectivity index (χ4v) is 4.83. The van der Waals surface area contributed by atoms with Gasteiger partial charge in [0.05, 0.1) is 6.26 Å². The van der Waals surface area contributed by atoms with Gasteiger partial charge in [-0.15, -0.1) is 0 Å². The highest BCUT2D eigenvalue weighted by Crippen LogP contribution is 2.33. The van der Waals surface area contributed by atoms with Crippen molar-refractivity contribution in [3.05, 3.63) is 35.4 Å². The van der Waals surface area contributed by atoms with Crippen LogP contribution >= 0.6 is 0 Å². The molecule has 7 heteroatoms. The van der Waals surface area contributed by atoms with E-state index in [0.717, 1.165) is 38.4 Å². The molecule has 1 aromatic carbocycles. The van der Waals surface area contributed by atoms with E-state index < -0.39 is 21.7 Å².